The number of carbonyl (C=O) groups is 1. The number of hydrogen-bond donors (Lipinski definition) is 1. The van der Waals surface area contributed by atoms with E-state index in [0.717, 1.165) is 23.4 Å². The van der Waals surface area contributed by atoms with Crippen LogP contribution in [0.4, 0.5) is 4.39 Å². The largest absolute Gasteiger partial charge is 0.493 e. The molecule has 2 aromatic carbocycles. The molecule has 27 heavy (non-hydrogen) atoms. The second kappa shape index (κ2) is 7.44. The summed E-state index contributed by atoms with van der Waals surface area (Å²) in [5, 5.41) is 7.37. The number of fused-ring (bicyclic) bond motifs is 1. The molecule has 0 fully saturated rings. The number of ether oxygens (including phenoxy) is 1. The van der Waals surface area contributed by atoms with Gasteiger partial charge in [0.15, 0.2) is 11.4 Å². The lowest BCUT2D eigenvalue weighted by atomic mass is 10.0. The summed E-state index contributed by atoms with van der Waals surface area (Å²) < 4.78 is 21.0. The number of nitrogens with one attached hydrogen (secondary N) is 1. The molecular weight excluding hydrogens is 365 g/mol. The third kappa shape index (κ3) is 3.42. The van der Waals surface area contributed by atoms with Crippen molar-refractivity contribution < 1.29 is 13.9 Å². The highest BCUT2D eigenvalue weighted by Crippen LogP contribution is 2.38. The van der Waals surface area contributed by atoms with Crippen molar-refractivity contribution in [3.8, 4) is 11.4 Å². The van der Waals surface area contributed by atoms with Crippen molar-refractivity contribution in [2.24, 2.45) is 0 Å². The first-order chi connectivity index (χ1) is 13.2. The quantitative estimate of drug-likeness (QED) is 0.740. The second-order valence-corrected chi connectivity index (χ2v) is 7.25. The maximum absolute atomic E-state index is 14.0. The molecule has 5 nitrogen and oxygen atoms in total. The first-order valence-corrected chi connectivity index (χ1v) is 9.57. The molecular formula is C20H18FN3O2S. The van der Waals surface area contributed by atoms with Gasteiger partial charge in [-0.3, -0.25) is 4.79 Å². The Kier molecular flexibility index (Phi) is 4.85. The number of benzene rings is 2. The molecule has 4 rings (SSSR count). The number of para-hydroxylation sites is 1. The van der Waals surface area contributed by atoms with Crippen LogP contribution in [0.1, 0.15) is 28.5 Å². The Bertz CT molecular complexity index is 975. The minimum atomic E-state index is -0.339. The highest BCUT2D eigenvalue weighted by Gasteiger charge is 2.27. The maximum atomic E-state index is 14.0. The van der Waals surface area contributed by atoms with E-state index in [-0.39, 0.29) is 23.5 Å². The summed E-state index contributed by atoms with van der Waals surface area (Å²) in [5.74, 6) is 0.547. The topological polar surface area (TPSA) is 56.2 Å². The van der Waals surface area contributed by atoms with Crippen molar-refractivity contribution in [1.82, 2.24) is 15.1 Å². The van der Waals surface area contributed by atoms with E-state index >= 15 is 0 Å². The SMILES string of the molecule is COc1cn(-c2ccccc2)nc1C(=O)NC1CCSc2c(F)cccc21. The molecule has 0 radical (unpaired) electrons. The zero-order valence-corrected chi connectivity index (χ0v) is 15.5. The van der Waals surface area contributed by atoms with Crippen LogP contribution in [-0.4, -0.2) is 28.6 Å². The number of aromatic nitrogens is 2. The third-order valence-corrected chi connectivity index (χ3v) is 5.63. The zero-order valence-electron chi connectivity index (χ0n) is 14.7. The molecule has 0 bridgehead atoms. The maximum Gasteiger partial charge on any atom is 0.276 e. The summed E-state index contributed by atoms with van der Waals surface area (Å²) >= 11 is 1.48. The number of nitrogens with zero attached hydrogens (tertiary/aromatic N) is 2. The van der Waals surface area contributed by atoms with Gasteiger partial charge in [0.25, 0.3) is 5.91 Å². The molecule has 1 atom stereocenters. The lowest BCUT2D eigenvalue weighted by Gasteiger charge is -2.26. The van der Waals surface area contributed by atoms with Crippen molar-refractivity contribution in [2.75, 3.05) is 12.9 Å². The Morgan fingerprint density at radius 2 is 2.07 bits per heavy atom. The van der Waals surface area contributed by atoms with Crippen LogP contribution in [-0.2, 0) is 0 Å². The van der Waals surface area contributed by atoms with Crippen molar-refractivity contribution in [3.05, 3.63) is 71.8 Å². The fourth-order valence-corrected chi connectivity index (χ4v) is 4.28. The van der Waals surface area contributed by atoms with Gasteiger partial charge in [0.05, 0.1) is 25.0 Å². The third-order valence-electron chi connectivity index (χ3n) is 4.47. The van der Waals surface area contributed by atoms with Crippen molar-refractivity contribution in [2.45, 2.75) is 17.4 Å². The van der Waals surface area contributed by atoms with E-state index < -0.39 is 0 Å². The van der Waals surface area contributed by atoms with Crippen LogP contribution in [0.5, 0.6) is 5.75 Å². The predicted molar refractivity (Wildman–Crippen MR) is 102 cm³/mol. The van der Waals surface area contributed by atoms with Crippen molar-refractivity contribution in [3.63, 3.8) is 0 Å². The molecule has 0 saturated carbocycles. The summed E-state index contributed by atoms with van der Waals surface area (Å²) in [5.41, 5.74) is 1.84. The van der Waals surface area contributed by atoms with E-state index in [9.17, 15) is 9.18 Å². The Morgan fingerprint density at radius 1 is 1.26 bits per heavy atom. The first kappa shape index (κ1) is 17.6. The number of thioether (sulfide) groups is 1. The van der Waals surface area contributed by atoms with Crippen LogP contribution >= 0.6 is 11.8 Å². The summed E-state index contributed by atoms with van der Waals surface area (Å²) in [6.45, 7) is 0. The van der Waals surface area contributed by atoms with Gasteiger partial charge in [0, 0.05) is 10.6 Å². The average Bonchev–Trinajstić information content (AvgIpc) is 3.14. The van der Waals surface area contributed by atoms with Gasteiger partial charge in [0.1, 0.15) is 5.82 Å². The Morgan fingerprint density at radius 3 is 2.85 bits per heavy atom. The van der Waals surface area contributed by atoms with E-state index in [1.54, 1.807) is 16.9 Å². The molecule has 3 aromatic rings. The predicted octanol–water partition coefficient (Wildman–Crippen LogP) is 3.99. The van der Waals surface area contributed by atoms with Gasteiger partial charge in [-0.25, -0.2) is 9.07 Å². The van der Waals surface area contributed by atoms with Gasteiger partial charge in [-0.15, -0.1) is 11.8 Å². The molecule has 7 heteroatoms. The van der Waals surface area contributed by atoms with E-state index in [1.165, 1.54) is 24.9 Å². The summed E-state index contributed by atoms with van der Waals surface area (Å²) in [7, 11) is 1.51. The lowest BCUT2D eigenvalue weighted by molar-refractivity contribution is 0.0926. The molecule has 0 spiro atoms. The monoisotopic (exact) mass is 383 g/mol. The number of carbonyl (C=O) groups excluding carboxylic acids is 1. The summed E-state index contributed by atoms with van der Waals surface area (Å²) in [6.07, 6.45) is 2.41. The summed E-state index contributed by atoms with van der Waals surface area (Å²) in [4.78, 5) is 13.5. The first-order valence-electron chi connectivity index (χ1n) is 8.58. The number of rotatable bonds is 4. The molecule has 1 aromatic heterocycles. The number of methoxy groups -OCH3 is 1. The number of hydrogen-bond acceptors (Lipinski definition) is 4. The molecule has 1 aliphatic rings. The highest BCUT2D eigenvalue weighted by molar-refractivity contribution is 7.99. The summed E-state index contributed by atoms with van der Waals surface area (Å²) in [6, 6.07) is 14.2. The smallest absolute Gasteiger partial charge is 0.276 e. The Hall–Kier alpha value is -2.80. The second-order valence-electron chi connectivity index (χ2n) is 6.15. The van der Waals surface area contributed by atoms with E-state index in [4.69, 9.17) is 4.74 Å². The van der Waals surface area contributed by atoms with Crippen LogP contribution in [0.2, 0.25) is 0 Å². The number of halogens is 1. The van der Waals surface area contributed by atoms with E-state index in [1.807, 2.05) is 36.4 Å². The highest BCUT2D eigenvalue weighted by atomic mass is 32.2. The standard InChI is InChI=1S/C20H18FN3O2S/c1-26-17-12-24(13-6-3-2-4-7-13)23-18(17)20(25)22-16-10-11-27-19-14(16)8-5-9-15(19)21/h2-9,12,16H,10-11H2,1H3,(H,22,25). The Balaban J connectivity index is 1.61. The number of amides is 1. The lowest BCUT2D eigenvalue weighted by Crippen LogP contribution is -2.31. The van der Waals surface area contributed by atoms with Crippen molar-refractivity contribution in [1.29, 1.82) is 0 Å². The van der Waals surface area contributed by atoms with Gasteiger partial charge in [0.2, 0.25) is 0 Å². The molecule has 1 unspecified atom stereocenters. The fraction of sp³-hybridized carbons (Fsp3) is 0.200. The molecule has 0 aliphatic carbocycles. The molecule has 0 saturated heterocycles. The van der Waals surface area contributed by atoms with Crippen molar-refractivity contribution >= 4 is 17.7 Å². The minimum absolute atomic E-state index is 0.206. The van der Waals surface area contributed by atoms with Gasteiger partial charge in [-0.1, -0.05) is 30.3 Å². The molecule has 1 N–H and O–H groups in total. The van der Waals surface area contributed by atoms with Crippen LogP contribution in [0, 0.1) is 5.82 Å². The Labute approximate surface area is 160 Å². The van der Waals surface area contributed by atoms with Gasteiger partial charge in [-0.2, -0.15) is 5.10 Å². The zero-order chi connectivity index (χ0) is 18.8. The van der Waals surface area contributed by atoms with Crippen LogP contribution < -0.4 is 10.1 Å². The average molecular weight is 383 g/mol. The van der Waals surface area contributed by atoms with Crippen LogP contribution in [0.3, 0.4) is 0 Å². The molecule has 1 amide bonds. The van der Waals surface area contributed by atoms with E-state index in [2.05, 4.69) is 10.4 Å². The molecule has 2 heterocycles. The molecule has 138 valence electrons. The van der Waals surface area contributed by atoms with Crippen LogP contribution in [0.25, 0.3) is 5.69 Å². The molecule has 1 aliphatic heterocycles. The normalized spacial score (nSPS) is 15.9. The van der Waals surface area contributed by atoms with E-state index in [0.29, 0.717) is 10.6 Å². The van der Waals surface area contributed by atoms with Gasteiger partial charge < -0.3 is 10.1 Å². The fourth-order valence-electron chi connectivity index (χ4n) is 3.14. The van der Waals surface area contributed by atoms with Gasteiger partial charge in [-0.05, 0) is 30.2 Å². The van der Waals surface area contributed by atoms with Crippen LogP contribution in [0.15, 0.2) is 59.6 Å². The van der Waals surface area contributed by atoms with Gasteiger partial charge >= 0.3 is 0 Å². The minimum Gasteiger partial charge on any atom is -0.493 e.